The third-order valence-electron chi connectivity index (χ3n) is 3.73. The topological polar surface area (TPSA) is 92.8 Å². The summed E-state index contributed by atoms with van der Waals surface area (Å²) in [6.07, 6.45) is 0.845. The van der Waals surface area contributed by atoms with E-state index in [1.165, 1.54) is 0 Å². The van der Waals surface area contributed by atoms with Gasteiger partial charge in [-0.05, 0) is 49.2 Å². The van der Waals surface area contributed by atoms with Crippen LogP contribution in [0, 0.1) is 0 Å². The molecule has 3 aromatic rings. The molecule has 0 fully saturated rings. The summed E-state index contributed by atoms with van der Waals surface area (Å²) in [7, 11) is 0. The van der Waals surface area contributed by atoms with E-state index in [9.17, 15) is 4.79 Å². The number of nitrogens with zero attached hydrogens (tertiary/aromatic N) is 3. The predicted molar refractivity (Wildman–Crippen MR) is 97.9 cm³/mol. The van der Waals surface area contributed by atoms with E-state index in [-0.39, 0.29) is 12.0 Å². The van der Waals surface area contributed by atoms with Crippen molar-refractivity contribution in [3.63, 3.8) is 0 Å². The van der Waals surface area contributed by atoms with Crippen LogP contribution < -0.4 is 10.1 Å². The fourth-order valence-corrected chi connectivity index (χ4v) is 2.61. The number of carbonyl (C=O) groups is 1. The second-order valence-corrected chi connectivity index (χ2v) is 6.10. The van der Waals surface area contributed by atoms with Crippen LogP contribution in [0.4, 0.5) is 0 Å². The van der Waals surface area contributed by atoms with Crippen LogP contribution in [0.1, 0.15) is 29.8 Å². The summed E-state index contributed by atoms with van der Waals surface area (Å²) in [5.41, 5.74) is 2.27. The Labute approximate surface area is 151 Å². The third kappa shape index (κ3) is 4.44. The van der Waals surface area contributed by atoms with E-state index < -0.39 is 0 Å². The van der Waals surface area contributed by atoms with Gasteiger partial charge in [0.05, 0.1) is 11.7 Å². The number of rotatable bonds is 7. The molecule has 0 saturated carbocycles. The molecule has 134 valence electrons. The van der Waals surface area contributed by atoms with Gasteiger partial charge in [0, 0.05) is 12.1 Å². The van der Waals surface area contributed by atoms with Crippen LogP contribution in [-0.4, -0.2) is 39.2 Å². The first kappa shape index (κ1) is 17.6. The van der Waals surface area contributed by atoms with E-state index in [1.807, 2.05) is 50.2 Å². The fourth-order valence-electron chi connectivity index (χ4n) is 2.61. The van der Waals surface area contributed by atoms with Gasteiger partial charge >= 0.3 is 0 Å². The molecule has 0 atom stereocenters. The first-order valence-electron chi connectivity index (χ1n) is 8.50. The molecule has 0 aliphatic rings. The molecule has 0 aliphatic carbocycles. The van der Waals surface area contributed by atoms with Gasteiger partial charge < -0.3 is 10.1 Å². The van der Waals surface area contributed by atoms with Crippen LogP contribution in [0.2, 0.25) is 0 Å². The smallest absolute Gasteiger partial charge is 0.252 e. The van der Waals surface area contributed by atoms with Gasteiger partial charge in [-0.2, -0.15) is 5.21 Å². The summed E-state index contributed by atoms with van der Waals surface area (Å²) in [5, 5.41) is 16.8. The summed E-state index contributed by atoms with van der Waals surface area (Å²) in [4.78, 5) is 12.5. The average molecular weight is 351 g/mol. The molecule has 26 heavy (non-hydrogen) atoms. The van der Waals surface area contributed by atoms with E-state index in [0.29, 0.717) is 29.9 Å². The molecule has 0 radical (unpaired) electrons. The number of amides is 1. The fraction of sp³-hybridized carbons (Fsp3) is 0.263. The molecule has 0 spiro atoms. The van der Waals surface area contributed by atoms with Crippen molar-refractivity contribution in [3.8, 4) is 17.1 Å². The monoisotopic (exact) mass is 351 g/mol. The molecule has 0 saturated heterocycles. The van der Waals surface area contributed by atoms with Crippen molar-refractivity contribution in [2.75, 3.05) is 6.54 Å². The Hall–Kier alpha value is -3.22. The van der Waals surface area contributed by atoms with E-state index in [4.69, 9.17) is 4.74 Å². The van der Waals surface area contributed by atoms with Gasteiger partial charge in [0.2, 0.25) is 5.82 Å². The summed E-state index contributed by atoms with van der Waals surface area (Å²) >= 11 is 0. The summed E-state index contributed by atoms with van der Waals surface area (Å²) in [5.74, 6) is 1.07. The van der Waals surface area contributed by atoms with E-state index in [0.717, 1.165) is 11.3 Å². The molecule has 0 bridgehead atoms. The number of aromatic nitrogens is 4. The summed E-state index contributed by atoms with van der Waals surface area (Å²) in [6.45, 7) is 4.51. The van der Waals surface area contributed by atoms with Gasteiger partial charge in [0.15, 0.2) is 0 Å². The molecule has 2 N–H and O–H groups in total. The van der Waals surface area contributed by atoms with Gasteiger partial charge in [0.1, 0.15) is 5.75 Å². The maximum atomic E-state index is 12.5. The lowest BCUT2D eigenvalue weighted by Gasteiger charge is -2.11. The van der Waals surface area contributed by atoms with E-state index in [1.54, 1.807) is 12.1 Å². The minimum Gasteiger partial charge on any atom is -0.491 e. The zero-order chi connectivity index (χ0) is 18.4. The molecule has 0 unspecified atom stereocenters. The molecule has 7 nitrogen and oxygen atoms in total. The minimum absolute atomic E-state index is 0.131. The van der Waals surface area contributed by atoms with Crippen molar-refractivity contribution in [2.45, 2.75) is 26.4 Å². The number of aromatic amines is 1. The van der Waals surface area contributed by atoms with Gasteiger partial charge in [-0.3, -0.25) is 4.79 Å². The van der Waals surface area contributed by atoms with Gasteiger partial charge in [0.25, 0.3) is 5.91 Å². The minimum atomic E-state index is -0.167. The Morgan fingerprint density at radius 2 is 2.04 bits per heavy atom. The first-order chi connectivity index (χ1) is 12.6. The average Bonchev–Trinajstić information content (AvgIpc) is 3.16. The number of tetrazole rings is 1. The second kappa shape index (κ2) is 8.24. The Kier molecular flexibility index (Phi) is 5.58. The van der Waals surface area contributed by atoms with Crippen LogP contribution in [0.25, 0.3) is 11.4 Å². The molecule has 1 aromatic heterocycles. The highest BCUT2D eigenvalue weighted by Gasteiger charge is 2.14. The van der Waals surface area contributed by atoms with Crippen LogP contribution in [-0.2, 0) is 6.42 Å². The van der Waals surface area contributed by atoms with Gasteiger partial charge in [-0.1, -0.05) is 30.3 Å². The summed E-state index contributed by atoms with van der Waals surface area (Å²) < 4.78 is 5.70. The van der Waals surface area contributed by atoms with Gasteiger partial charge in [-0.15, -0.1) is 10.2 Å². The maximum absolute atomic E-state index is 12.5. The van der Waals surface area contributed by atoms with Crippen LogP contribution in [0.5, 0.6) is 5.75 Å². The number of H-pyrrole nitrogens is 1. The number of nitrogens with one attached hydrogen (secondary N) is 2. The Bertz CT molecular complexity index is 862. The number of ether oxygens (including phenoxy) is 1. The zero-order valence-corrected chi connectivity index (χ0v) is 14.8. The first-order valence-corrected chi connectivity index (χ1v) is 8.50. The van der Waals surface area contributed by atoms with Crippen molar-refractivity contribution in [2.24, 2.45) is 0 Å². The largest absolute Gasteiger partial charge is 0.491 e. The van der Waals surface area contributed by atoms with Crippen LogP contribution >= 0.6 is 0 Å². The van der Waals surface area contributed by atoms with Crippen molar-refractivity contribution < 1.29 is 9.53 Å². The molecule has 7 heteroatoms. The highest BCUT2D eigenvalue weighted by molar-refractivity contribution is 6.00. The Balaban J connectivity index is 1.62. The quantitative estimate of drug-likeness (QED) is 0.682. The standard InChI is InChI=1S/C19H21N5O2/c1-13(2)26-15-7-5-6-14(12-15)10-11-20-19(25)17-9-4-3-8-16(17)18-21-23-24-22-18/h3-9,12-13H,10-11H2,1-2H3,(H,20,25)(H,21,22,23,24). The van der Waals surface area contributed by atoms with E-state index >= 15 is 0 Å². The SMILES string of the molecule is CC(C)Oc1cccc(CCNC(=O)c2ccccc2-c2nn[nH]n2)c1. The van der Waals surface area contributed by atoms with Crippen molar-refractivity contribution in [3.05, 3.63) is 59.7 Å². The number of hydrogen-bond donors (Lipinski definition) is 2. The highest BCUT2D eigenvalue weighted by Crippen LogP contribution is 2.19. The second-order valence-electron chi connectivity index (χ2n) is 6.10. The zero-order valence-electron chi connectivity index (χ0n) is 14.8. The third-order valence-corrected chi connectivity index (χ3v) is 3.73. The molecular formula is C19H21N5O2. The lowest BCUT2D eigenvalue weighted by atomic mass is 10.1. The Morgan fingerprint density at radius 3 is 2.81 bits per heavy atom. The highest BCUT2D eigenvalue weighted by atomic mass is 16.5. The lowest BCUT2D eigenvalue weighted by molar-refractivity contribution is 0.0954. The van der Waals surface area contributed by atoms with E-state index in [2.05, 4.69) is 25.9 Å². The molecule has 0 aliphatic heterocycles. The van der Waals surface area contributed by atoms with Gasteiger partial charge in [-0.25, -0.2) is 0 Å². The van der Waals surface area contributed by atoms with Crippen LogP contribution in [0.3, 0.4) is 0 Å². The van der Waals surface area contributed by atoms with Crippen molar-refractivity contribution in [1.29, 1.82) is 0 Å². The number of benzene rings is 2. The summed E-state index contributed by atoms with van der Waals surface area (Å²) in [6, 6.07) is 15.1. The maximum Gasteiger partial charge on any atom is 0.252 e. The molecular weight excluding hydrogens is 330 g/mol. The molecule has 1 heterocycles. The van der Waals surface area contributed by atoms with Crippen LogP contribution in [0.15, 0.2) is 48.5 Å². The predicted octanol–water partition coefficient (Wildman–Crippen LogP) is 2.63. The number of hydrogen-bond acceptors (Lipinski definition) is 5. The Morgan fingerprint density at radius 1 is 1.19 bits per heavy atom. The number of carbonyl (C=O) groups excluding carboxylic acids is 1. The normalized spacial score (nSPS) is 10.7. The molecule has 2 aromatic carbocycles. The molecule has 1 amide bonds. The lowest BCUT2D eigenvalue weighted by Crippen LogP contribution is -2.26. The molecule has 3 rings (SSSR count). The van der Waals surface area contributed by atoms with Crippen molar-refractivity contribution in [1.82, 2.24) is 25.9 Å². The van der Waals surface area contributed by atoms with Crippen molar-refractivity contribution >= 4 is 5.91 Å².